The molecule has 3 rings (SSSR count). The molecule has 34 heavy (non-hydrogen) atoms. The van der Waals surface area contributed by atoms with Crippen molar-refractivity contribution in [3.8, 4) is 17.2 Å². The lowest BCUT2D eigenvalue weighted by Gasteiger charge is -2.19. The summed E-state index contributed by atoms with van der Waals surface area (Å²) in [6.45, 7) is 5.90. The van der Waals surface area contributed by atoms with E-state index in [1.807, 2.05) is 53.1 Å². The van der Waals surface area contributed by atoms with Crippen molar-refractivity contribution >= 4 is 10.9 Å². The van der Waals surface area contributed by atoms with Crippen LogP contribution in [0.4, 0.5) is 0 Å². The highest BCUT2D eigenvalue weighted by Crippen LogP contribution is 2.35. The minimum Gasteiger partial charge on any atom is -0.497 e. The van der Waals surface area contributed by atoms with Crippen LogP contribution in [0.5, 0.6) is 17.2 Å². The van der Waals surface area contributed by atoms with Crippen LogP contribution in [0.3, 0.4) is 0 Å². The maximum Gasteiger partial charge on any atom is 0.297 e. The van der Waals surface area contributed by atoms with E-state index in [0.29, 0.717) is 31.3 Å². The fourth-order valence-electron chi connectivity index (χ4n) is 4.13. The smallest absolute Gasteiger partial charge is 0.297 e. The zero-order chi connectivity index (χ0) is 24.2. The van der Waals surface area contributed by atoms with Gasteiger partial charge in [-0.05, 0) is 30.5 Å². The van der Waals surface area contributed by atoms with Crippen molar-refractivity contribution in [1.82, 2.24) is 4.57 Å². The highest BCUT2D eigenvalue weighted by Gasteiger charge is 2.20. The van der Waals surface area contributed by atoms with E-state index in [1.54, 1.807) is 7.11 Å². The van der Waals surface area contributed by atoms with Gasteiger partial charge < -0.3 is 18.8 Å². The Morgan fingerprint density at radius 1 is 0.794 bits per heavy atom. The van der Waals surface area contributed by atoms with Crippen LogP contribution in [0.25, 0.3) is 10.9 Å². The predicted molar refractivity (Wildman–Crippen MR) is 139 cm³/mol. The fraction of sp³-hybridized carbons (Fsp3) is 0.483. The number of pyridine rings is 1. The highest BCUT2D eigenvalue weighted by molar-refractivity contribution is 5.89. The Bertz CT molecular complexity index is 1070. The Kier molecular flexibility index (Phi) is 10.3. The quantitative estimate of drug-likeness (QED) is 0.224. The van der Waals surface area contributed by atoms with Crippen molar-refractivity contribution in [2.75, 3.05) is 13.7 Å². The van der Waals surface area contributed by atoms with Gasteiger partial charge in [0.2, 0.25) is 5.75 Å². The second-order valence-corrected chi connectivity index (χ2v) is 8.74. The molecule has 0 radical (unpaired) electrons. The molecule has 0 spiro atoms. The largest absolute Gasteiger partial charge is 0.497 e. The third kappa shape index (κ3) is 6.78. The maximum absolute atomic E-state index is 13.7. The van der Waals surface area contributed by atoms with Crippen LogP contribution in [0, 0.1) is 0 Å². The molecule has 1 aromatic heterocycles. The van der Waals surface area contributed by atoms with Gasteiger partial charge in [-0.25, -0.2) is 0 Å². The number of rotatable bonds is 15. The molecule has 0 fully saturated rings. The van der Waals surface area contributed by atoms with Crippen molar-refractivity contribution in [2.45, 2.75) is 78.4 Å². The molecular formula is C29H39NO4. The van der Waals surface area contributed by atoms with Crippen LogP contribution in [0.2, 0.25) is 0 Å². The van der Waals surface area contributed by atoms with Gasteiger partial charge in [0.05, 0.1) is 19.2 Å². The summed E-state index contributed by atoms with van der Waals surface area (Å²) < 4.78 is 19.7. The zero-order valence-electron chi connectivity index (χ0n) is 21.0. The fourth-order valence-corrected chi connectivity index (χ4v) is 4.13. The first-order valence-electron chi connectivity index (χ1n) is 12.7. The molecule has 0 aliphatic rings. The zero-order valence-corrected chi connectivity index (χ0v) is 21.0. The normalized spacial score (nSPS) is 11.0. The molecule has 0 bridgehead atoms. The first kappa shape index (κ1) is 25.7. The molecule has 184 valence electrons. The molecule has 0 atom stereocenters. The average Bonchev–Trinajstić information content (AvgIpc) is 2.87. The lowest BCUT2D eigenvalue weighted by atomic mass is 10.1. The SMILES string of the molecule is CCCCCCOc1c(OCc2ccccc2)c(=O)n(CCCCCC)c2cc(OC)ccc12. The van der Waals surface area contributed by atoms with Crippen molar-refractivity contribution < 1.29 is 14.2 Å². The summed E-state index contributed by atoms with van der Waals surface area (Å²) in [5.74, 6) is 1.56. The molecule has 0 saturated heterocycles. The molecule has 0 aliphatic heterocycles. The minimum atomic E-state index is -0.142. The number of fused-ring (bicyclic) bond motifs is 1. The van der Waals surface area contributed by atoms with Crippen molar-refractivity contribution in [2.24, 2.45) is 0 Å². The summed E-state index contributed by atoms with van der Waals surface area (Å²) in [5, 5.41) is 0.884. The number of unbranched alkanes of at least 4 members (excludes halogenated alkanes) is 6. The number of aryl methyl sites for hydroxylation is 1. The van der Waals surface area contributed by atoms with Gasteiger partial charge in [0, 0.05) is 18.0 Å². The average molecular weight is 466 g/mol. The van der Waals surface area contributed by atoms with E-state index in [2.05, 4.69) is 13.8 Å². The van der Waals surface area contributed by atoms with Gasteiger partial charge in [-0.2, -0.15) is 0 Å². The summed E-state index contributed by atoms with van der Waals surface area (Å²) in [4.78, 5) is 13.7. The van der Waals surface area contributed by atoms with Crippen LogP contribution in [0.1, 0.15) is 70.8 Å². The monoisotopic (exact) mass is 465 g/mol. The van der Waals surface area contributed by atoms with Crippen LogP contribution >= 0.6 is 0 Å². The molecule has 0 saturated carbocycles. The molecule has 0 amide bonds. The van der Waals surface area contributed by atoms with E-state index in [0.717, 1.165) is 60.7 Å². The lowest BCUT2D eigenvalue weighted by molar-refractivity contribution is 0.255. The van der Waals surface area contributed by atoms with Gasteiger partial charge >= 0.3 is 0 Å². The van der Waals surface area contributed by atoms with Gasteiger partial charge in [-0.15, -0.1) is 0 Å². The highest BCUT2D eigenvalue weighted by atomic mass is 16.5. The summed E-state index contributed by atoms with van der Waals surface area (Å²) >= 11 is 0. The summed E-state index contributed by atoms with van der Waals surface area (Å²) in [7, 11) is 1.65. The summed E-state index contributed by atoms with van der Waals surface area (Å²) in [6, 6.07) is 15.8. The number of hydrogen-bond acceptors (Lipinski definition) is 4. The van der Waals surface area contributed by atoms with E-state index >= 15 is 0 Å². The Morgan fingerprint density at radius 3 is 2.24 bits per heavy atom. The third-order valence-electron chi connectivity index (χ3n) is 6.09. The number of ether oxygens (including phenoxy) is 3. The summed E-state index contributed by atoms with van der Waals surface area (Å²) in [6.07, 6.45) is 8.74. The Labute approximate surface area is 203 Å². The lowest BCUT2D eigenvalue weighted by Crippen LogP contribution is -2.24. The molecule has 0 unspecified atom stereocenters. The van der Waals surface area contributed by atoms with Gasteiger partial charge in [0.15, 0.2) is 5.75 Å². The number of benzene rings is 2. The van der Waals surface area contributed by atoms with Crippen molar-refractivity contribution in [1.29, 1.82) is 0 Å². The van der Waals surface area contributed by atoms with Crippen molar-refractivity contribution in [3.63, 3.8) is 0 Å². The maximum atomic E-state index is 13.7. The van der Waals surface area contributed by atoms with E-state index in [1.165, 1.54) is 12.8 Å². The van der Waals surface area contributed by atoms with E-state index in [9.17, 15) is 4.79 Å². The molecule has 0 N–H and O–H groups in total. The number of methoxy groups -OCH3 is 1. The van der Waals surface area contributed by atoms with Gasteiger partial charge in [0.25, 0.3) is 5.56 Å². The third-order valence-corrected chi connectivity index (χ3v) is 6.09. The topological polar surface area (TPSA) is 49.7 Å². The molecule has 2 aromatic carbocycles. The summed E-state index contributed by atoms with van der Waals surface area (Å²) in [5.41, 5.74) is 1.70. The van der Waals surface area contributed by atoms with Gasteiger partial charge in [-0.1, -0.05) is 82.7 Å². The first-order valence-corrected chi connectivity index (χ1v) is 12.7. The van der Waals surface area contributed by atoms with Crippen LogP contribution in [0.15, 0.2) is 53.3 Å². The Balaban J connectivity index is 2.02. The number of aromatic nitrogens is 1. The van der Waals surface area contributed by atoms with E-state index < -0.39 is 0 Å². The Hall–Kier alpha value is -2.95. The molecule has 0 aliphatic carbocycles. The second-order valence-electron chi connectivity index (χ2n) is 8.74. The molecule has 3 aromatic rings. The predicted octanol–water partition coefficient (Wildman–Crippen LogP) is 7.13. The van der Waals surface area contributed by atoms with Crippen LogP contribution in [-0.4, -0.2) is 18.3 Å². The van der Waals surface area contributed by atoms with Gasteiger partial charge in [0.1, 0.15) is 12.4 Å². The number of nitrogens with zero attached hydrogens (tertiary/aromatic N) is 1. The van der Waals surface area contributed by atoms with E-state index in [-0.39, 0.29) is 5.56 Å². The molecule has 5 nitrogen and oxygen atoms in total. The van der Waals surface area contributed by atoms with Gasteiger partial charge in [-0.3, -0.25) is 4.79 Å². The standard InChI is InChI=1S/C29H39NO4/c1-4-6-8-13-19-30-26-21-24(32-3)17-18-25(26)27(33-20-14-9-7-5-2)28(29(30)31)34-22-23-15-11-10-12-16-23/h10-12,15-18,21H,4-9,13-14,19-20,22H2,1-3H3. The van der Waals surface area contributed by atoms with Crippen LogP contribution in [-0.2, 0) is 13.2 Å². The first-order chi connectivity index (χ1) is 16.7. The minimum absolute atomic E-state index is 0.142. The molecule has 1 heterocycles. The number of hydrogen-bond donors (Lipinski definition) is 0. The Morgan fingerprint density at radius 2 is 1.53 bits per heavy atom. The molecular weight excluding hydrogens is 426 g/mol. The van der Waals surface area contributed by atoms with E-state index in [4.69, 9.17) is 14.2 Å². The van der Waals surface area contributed by atoms with Crippen LogP contribution < -0.4 is 19.8 Å². The second kappa shape index (κ2) is 13.7. The van der Waals surface area contributed by atoms with Crippen molar-refractivity contribution in [3.05, 3.63) is 64.4 Å². The molecule has 5 heteroatoms.